The average Bonchev–Trinajstić information content (AvgIpc) is 2.63. The van der Waals surface area contributed by atoms with Crippen molar-refractivity contribution in [1.82, 2.24) is 9.97 Å². The van der Waals surface area contributed by atoms with Crippen molar-refractivity contribution in [2.24, 2.45) is 0 Å². The maximum atomic E-state index is 11.7. The number of nitrogens with one attached hydrogen (secondary N) is 1. The Kier molecular flexibility index (Phi) is 4.28. The molecule has 0 saturated heterocycles. The van der Waals surface area contributed by atoms with Gasteiger partial charge in [-0.25, -0.2) is 9.78 Å². The number of imidazole rings is 1. The molecule has 0 saturated carbocycles. The third-order valence-corrected chi connectivity index (χ3v) is 2.12. The SMILES string of the molecule is C=C(C)c1nc(CCC)[nH]c1C(=O)OCC. The van der Waals surface area contributed by atoms with Gasteiger partial charge < -0.3 is 9.72 Å². The molecule has 16 heavy (non-hydrogen) atoms. The molecule has 0 amide bonds. The van der Waals surface area contributed by atoms with Gasteiger partial charge in [0.25, 0.3) is 0 Å². The lowest BCUT2D eigenvalue weighted by molar-refractivity contribution is 0.0519. The number of aryl methyl sites for hydroxylation is 1. The summed E-state index contributed by atoms with van der Waals surface area (Å²) in [6, 6.07) is 0. The zero-order valence-corrected chi connectivity index (χ0v) is 10.1. The molecule has 4 nitrogen and oxygen atoms in total. The number of carbonyl (C=O) groups is 1. The van der Waals surface area contributed by atoms with Gasteiger partial charge in [0.2, 0.25) is 0 Å². The van der Waals surface area contributed by atoms with E-state index in [2.05, 4.69) is 23.5 Å². The Morgan fingerprint density at radius 1 is 1.50 bits per heavy atom. The van der Waals surface area contributed by atoms with E-state index in [1.165, 1.54) is 0 Å². The van der Waals surface area contributed by atoms with E-state index in [0.29, 0.717) is 18.0 Å². The third-order valence-electron chi connectivity index (χ3n) is 2.12. The van der Waals surface area contributed by atoms with Crippen LogP contribution in [0.25, 0.3) is 5.57 Å². The molecule has 1 rings (SSSR count). The number of rotatable bonds is 5. The van der Waals surface area contributed by atoms with Gasteiger partial charge in [0.15, 0.2) is 5.69 Å². The first-order valence-corrected chi connectivity index (χ1v) is 5.52. The number of aromatic amines is 1. The molecule has 0 unspecified atom stereocenters. The van der Waals surface area contributed by atoms with Gasteiger partial charge in [-0.2, -0.15) is 0 Å². The molecule has 0 atom stereocenters. The number of aromatic nitrogens is 2. The lowest BCUT2D eigenvalue weighted by atomic mass is 10.2. The first-order valence-electron chi connectivity index (χ1n) is 5.52. The number of carbonyl (C=O) groups excluding carboxylic acids is 1. The molecule has 1 N–H and O–H groups in total. The Morgan fingerprint density at radius 2 is 2.19 bits per heavy atom. The molecule has 1 heterocycles. The van der Waals surface area contributed by atoms with Crippen LogP contribution in [-0.4, -0.2) is 22.5 Å². The maximum absolute atomic E-state index is 11.7. The first-order chi connectivity index (χ1) is 7.60. The van der Waals surface area contributed by atoms with Crippen molar-refractivity contribution in [3.63, 3.8) is 0 Å². The third kappa shape index (κ3) is 2.72. The Balaban J connectivity index is 3.04. The van der Waals surface area contributed by atoms with E-state index in [-0.39, 0.29) is 5.97 Å². The molecular formula is C12H18N2O2. The van der Waals surface area contributed by atoms with Crippen molar-refractivity contribution in [2.75, 3.05) is 6.61 Å². The van der Waals surface area contributed by atoms with Crippen LogP contribution in [0, 0.1) is 0 Å². The summed E-state index contributed by atoms with van der Waals surface area (Å²) < 4.78 is 4.96. The van der Waals surface area contributed by atoms with Crippen LogP contribution in [0.2, 0.25) is 0 Å². The van der Waals surface area contributed by atoms with Crippen molar-refractivity contribution in [2.45, 2.75) is 33.6 Å². The van der Waals surface area contributed by atoms with Gasteiger partial charge in [-0.05, 0) is 25.8 Å². The monoisotopic (exact) mass is 222 g/mol. The molecule has 88 valence electrons. The summed E-state index contributed by atoms with van der Waals surface area (Å²) in [4.78, 5) is 19.0. The van der Waals surface area contributed by atoms with Crippen molar-refractivity contribution < 1.29 is 9.53 Å². The molecule has 0 bridgehead atoms. The Morgan fingerprint density at radius 3 is 2.69 bits per heavy atom. The van der Waals surface area contributed by atoms with E-state index >= 15 is 0 Å². The second kappa shape index (κ2) is 5.49. The van der Waals surface area contributed by atoms with E-state index in [1.807, 2.05) is 6.92 Å². The van der Waals surface area contributed by atoms with Gasteiger partial charge in [0.05, 0.1) is 12.3 Å². The minimum absolute atomic E-state index is 0.358. The molecule has 0 fully saturated rings. The van der Waals surface area contributed by atoms with Crippen LogP contribution in [0.4, 0.5) is 0 Å². The van der Waals surface area contributed by atoms with Crippen LogP contribution in [0.3, 0.4) is 0 Å². The van der Waals surface area contributed by atoms with E-state index in [9.17, 15) is 4.79 Å². The number of hydrogen-bond acceptors (Lipinski definition) is 3. The largest absolute Gasteiger partial charge is 0.461 e. The fraction of sp³-hybridized carbons (Fsp3) is 0.500. The second-order valence-corrected chi connectivity index (χ2v) is 3.66. The van der Waals surface area contributed by atoms with Gasteiger partial charge in [-0.3, -0.25) is 0 Å². The summed E-state index contributed by atoms with van der Waals surface area (Å²) in [7, 11) is 0. The van der Waals surface area contributed by atoms with Crippen LogP contribution in [0.1, 0.15) is 49.2 Å². The van der Waals surface area contributed by atoms with Crippen molar-refractivity contribution in [3.8, 4) is 0 Å². The molecule has 0 aliphatic rings. The second-order valence-electron chi connectivity index (χ2n) is 3.66. The van der Waals surface area contributed by atoms with E-state index in [1.54, 1.807) is 6.92 Å². The van der Waals surface area contributed by atoms with Crippen molar-refractivity contribution in [3.05, 3.63) is 23.8 Å². The topological polar surface area (TPSA) is 55.0 Å². The highest BCUT2D eigenvalue weighted by Crippen LogP contribution is 2.16. The summed E-state index contributed by atoms with van der Waals surface area (Å²) in [5.74, 6) is 0.443. The summed E-state index contributed by atoms with van der Waals surface area (Å²) in [5, 5.41) is 0. The van der Waals surface area contributed by atoms with Crippen LogP contribution in [0.5, 0.6) is 0 Å². The lowest BCUT2D eigenvalue weighted by Crippen LogP contribution is -2.07. The minimum Gasteiger partial charge on any atom is -0.461 e. The van der Waals surface area contributed by atoms with E-state index in [4.69, 9.17) is 4.74 Å². The average molecular weight is 222 g/mol. The maximum Gasteiger partial charge on any atom is 0.357 e. The molecule has 0 aliphatic heterocycles. The standard InChI is InChI=1S/C12H18N2O2/c1-5-7-9-13-10(8(3)4)11(14-9)12(15)16-6-2/h3,5-7H2,1-2,4H3,(H,13,14). The van der Waals surface area contributed by atoms with E-state index < -0.39 is 0 Å². The summed E-state index contributed by atoms with van der Waals surface area (Å²) in [5.41, 5.74) is 1.79. The van der Waals surface area contributed by atoms with E-state index in [0.717, 1.165) is 24.2 Å². The van der Waals surface area contributed by atoms with Gasteiger partial charge in [-0.15, -0.1) is 0 Å². The summed E-state index contributed by atoms with van der Waals surface area (Å²) in [6.07, 6.45) is 1.80. The first kappa shape index (κ1) is 12.5. The number of ether oxygens (including phenoxy) is 1. The Hall–Kier alpha value is -1.58. The van der Waals surface area contributed by atoms with Crippen LogP contribution in [-0.2, 0) is 11.2 Å². The minimum atomic E-state index is -0.365. The van der Waals surface area contributed by atoms with Crippen molar-refractivity contribution in [1.29, 1.82) is 0 Å². The zero-order chi connectivity index (χ0) is 12.1. The fourth-order valence-corrected chi connectivity index (χ4v) is 1.44. The van der Waals surface area contributed by atoms with Gasteiger partial charge in [-0.1, -0.05) is 13.5 Å². The molecule has 1 aromatic heterocycles. The van der Waals surface area contributed by atoms with Gasteiger partial charge in [0.1, 0.15) is 5.82 Å². The number of H-pyrrole nitrogens is 1. The highest BCUT2D eigenvalue weighted by Gasteiger charge is 2.18. The quantitative estimate of drug-likeness (QED) is 0.779. The predicted molar refractivity (Wildman–Crippen MR) is 63.2 cm³/mol. The summed E-state index contributed by atoms with van der Waals surface area (Å²) in [6.45, 7) is 9.84. The highest BCUT2D eigenvalue weighted by molar-refractivity contribution is 5.92. The van der Waals surface area contributed by atoms with Crippen molar-refractivity contribution >= 4 is 11.5 Å². The summed E-state index contributed by atoms with van der Waals surface area (Å²) >= 11 is 0. The molecule has 0 spiro atoms. The number of hydrogen-bond donors (Lipinski definition) is 1. The van der Waals surface area contributed by atoms with Gasteiger partial charge in [0, 0.05) is 6.42 Å². The highest BCUT2D eigenvalue weighted by atomic mass is 16.5. The normalized spacial score (nSPS) is 10.2. The molecule has 1 aromatic rings. The lowest BCUT2D eigenvalue weighted by Gasteiger charge is -2.01. The Bertz CT molecular complexity index is 394. The molecule has 0 aliphatic carbocycles. The molecular weight excluding hydrogens is 204 g/mol. The zero-order valence-electron chi connectivity index (χ0n) is 10.1. The predicted octanol–water partition coefficient (Wildman–Crippen LogP) is 2.57. The van der Waals surface area contributed by atoms with Gasteiger partial charge >= 0.3 is 5.97 Å². The smallest absolute Gasteiger partial charge is 0.357 e. The van der Waals surface area contributed by atoms with Crippen LogP contribution < -0.4 is 0 Å². The molecule has 4 heteroatoms. The number of nitrogens with zero attached hydrogens (tertiary/aromatic N) is 1. The molecule has 0 aromatic carbocycles. The Labute approximate surface area is 95.7 Å². The van der Waals surface area contributed by atoms with Crippen LogP contribution in [0.15, 0.2) is 6.58 Å². The number of esters is 1. The van der Waals surface area contributed by atoms with Crippen LogP contribution >= 0.6 is 0 Å². The molecule has 0 radical (unpaired) electrons. The fourth-order valence-electron chi connectivity index (χ4n) is 1.44. The number of allylic oxidation sites excluding steroid dienone is 1.